The molecule has 3 N–H and O–H groups in total. The highest BCUT2D eigenvalue weighted by atomic mass is 32.1. The van der Waals surface area contributed by atoms with E-state index in [1.54, 1.807) is 0 Å². The second-order valence-corrected chi connectivity index (χ2v) is 8.87. The standard InChI is InChI=1S/C25H32N4OS/c1-18-8-7-9-21(13-18)16-27-24(30)23-17-31-25(29(23)11-6-4-5-10-26)28-22-14-19(2)12-20(3)15-22/h7-9,12-15,17H,4-6,10-11,16,26H2,1-3H3,(H,27,30). The monoisotopic (exact) mass is 436 g/mol. The number of hydrogen-bond donors (Lipinski definition) is 2. The van der Waals surface area contributed by atoms with Crippen LogP contribution in [0.25, 0.3) is 0 Å². The molecular weight excluding hydrogens is 404 g/mol. The van der Waals surface area contributed by atoms with Gasteiger partial charge in [0.05, 0.1) is 5.69 Å². The zero-order valence-corrected chi connectivity index (χ0v) is 19.5. The van der Waals surface area contributed by atoms with Crippen molar-refractivity contribution in [3.63, 3.8) is 0 Å². The molecule has 0 atom stereocenters. The van der Waals surface area contributed by atoms with Crippen LogP contribution in [-0.4, -0.2) is 17.0 Å². The number of carbonyl (C=O) groups excluding carboxylic acids is 1. The van der Waals surface area contributed by atoms with Gasteiger partial charge in [-0.05, 0) is 69.0 Å². The first kappa shape index (κ1) is 23.0. The Morgan fingerprint density at radius 3 is 2.52 bits per heavy atom. The molecule has 1 amide bonds. The summed E-state index contributed by atoms with van der Waals surface area (Å²) < 4.78 is 2.05. The Bertz CT molecular complexity index is 1080. The van der Waals surface area contributed by atoms with Crippen molar-refractivity contribution in [3.05, 3.63) is 80.6 Å². The fourth-order valence-electron chi connectivity index (χ4n) is 3.63. The predicted octanol–water partition coefficient (Wildman–Crippen LogP) is 4.77. The third kappa shape index (κ3) is 6.64. The Morgan fingerprint density at radius 1 is 1.03 bits per heavy atom. The molecule has 1 aromatic heterocycles. The number of carbonyl (C=O) groups is 1. The van der Waals surface area contributed by atoms with Gasteiger partial charge in [0.25, 0.3) is 5.91 Å². The van der Waals surface area contributed by atoms with Crippen LogP contribution in [0.5, 0.6) is 0 Å². The Kier molecular flexibility index (Phi) is 8.20. The number of amides is 1. The average Bonchev–Trinajstić information content (AvgIpc) is 3.11. The summed E-state index contributed by atoms with van der Waals surface area (Å²) in [5, 5.41) is 4.98. The normalized spacial score (nSPS) is 11.7. The molecule has 3 rings (SSSR count). The third-order valence-electron chi connectivity index (χ3n) is 5.08. The Hall–Kier alpha value is -2.70. The highest BCUT2D eigenvalue weighted by molar-refractivity contribution is 7.07. The van der Waals surface area contributed by atoms with Crippen molar-refractivity contribution in [2.24, 2.45) is 10.7 Å². The van der Waals surface area contributed by atoms with Gasteiger partial charge >= 0.3 is 0 Å². The van der Waals surface area contributed by atoms with Gasteiger partial charge in [0.2, 0.25) is 0 Å². The van der Waals surface area contributed by atoms with E-state index in [1.165, 1.54) is 28.0 Å². The number of thiazole rings is 1. The number of nitrogens with two attached hydrogens (primary N) is 1. The van der Waals surface area contributed by atoms with Gasteiger partial charge in [-0.2, -0.15) is 0 Å². The molecule has 0 aliphatic rings. The van der Waals surface area contributed by atoms with Crippen LogP contribution in [0.4, 0.5) is 5.69 Å². The van der Waals surface area contributed by atoms with E-state index in [1.807, 2.05) is 22.1 Å². The van der Waals surface area contributed by atoms with E-state index in [2.05, 4.69) is 56.4 Å². The van der Waals surface area contributed by atoms with Crippen molar-refractivity contribution < 1.29 is 4.79 Å². The van der Waals surface area contributed by atoms with Crippen LogP contribution in [-0.2, 0) is 13.1 Å². The van der Waals surface area contributed by atoms with Crippen LogP contribution in [0.15, 0.2) is 52.8 Å². The summed E-state index contributed by atoms with van der Waals surface area (Å²) >= 11 is 1.51. The summed E-state index contributed by atoms with van der Waals surface area (Å²) in [6.07, 6.45) is 2.99. The molecule has 2 aromatic carbocycles. The Labute approximate surface area is 188 Å². The molecule has 0 saturated carbocycles. The van der Waals surface area contributed by atoms with Gasteiger partial charge in [-0.3, -0.25) is 4.79 Å². The molecule has 31 heavy (non-hydrogen) atoms. The lowest BCUT2D eigenvalue weighted by Crippen LogP contribution is -2.28. The van der Waals surface area contributed by atoms with E-state index in [-0.39, 0.29) is 5.91 Å². The number of nitrogens with one attached hydrogen (secondary N) is 1. The summed E-state index contributed by atoms with van der Waals surface area (Å²) in [5.41, 5.74) is 11.9. The van der Waals surface area contributed by atoms with Crippen molar-refractivity contribution in [1.82, 2.24) is 9.88 Å². The number of benzene rings is 2. The minimum atomic E-state index is -0.0709. The van der Waals surface area contributed by atoms with E-state index in [0.717, 1.165) is 41.9 Å². The molecule has 0 aliphatic heterocycles. The summed E-state index contributed by atoms with van der Waals surface area (Å²) in [6.45, 7) is 8.16. The summed E-state index contributed by atoms with van der Waals surface area (Å²) in [4.78, 5) is 18.7. The van der Waals surface area contributed by atoms with Crippen LogP contribution in [0, 0.1) is 20.8 Å². The van der Waals surface area contributed by atoms with Gasteiger partial charge in [-0.15, -0.1) is 11.3 Å². The number of rotatable bonds is 9. The van der Waals surface area contributed by atoms with Gasteiger partial charge < -0.3 is 15.6 Å². The molecule has 0 unspecified atom stereocenters. The van der Waals surface area contributed by atoms with Crippen LogP contribution in [0.2, 0.25) is 0 Å². The molecule has 0 bridgehead atoms. The lowest BCUT2D eigenvalue weighted by atomic mass is 10.1. The molecule has 0 saturated heterocycles. The van der Waals surface area contributed by atoms with E-state index in [9.17, 15) is 4.79 Å². The Morgan fingerprint density at radius 2 is 1.81 bits per heavy atom. The van der Waals surface area contributed by atoms with Crippen molar-refractivity contribution in [2.45, 2.75) is 53.1 Å². The maximum absolute atomic E-state index is 13.0. The van der Waals surface area contributed by atoms with Crippen LogP contribution < -0.4 is 15.9 Å². The van der Waals surface area contributed by atoms with Gasteiger partial charge in [0.1, 0.15) is 5.69 Å². The Balaban J connectivity index is 1.86. The summed E-state index contributed by atoms with van der Waals surface area (Å²) in [7, 11) is 0. The molecule has 0 spiro atoms. The minimum absolute atomic E-state index is 0.0709. The molecule has 3 aromatic rings. The molecule has 1 heterocycles. The van der Waals surface area contributed by atoms with Gasteiger partial charge in [0, 0.05) is 18.5 Å². The molecule has 0 aliphatic carbocycles. The lowest BCUT2D eigenvalue weighted by Gasteiger charge is -2.10. The first-order valence-corrected chi connectivity index (χ1v) is 11.7. The average molecular weight is 437 g/mol. The smallest absolute Gasteiger partial charge is 0.269 e. The highest BCUT2D eigenvalue weighted by Gasteiger charge is 2.14. The second kappa shape index (κ2) is 11.1. The quantitative estimate of drug-likeness (QED) is 0.475. The molecule has 0 fully saturated rings. The van der Waals surface area contributed by atoms with Crippen molar-refractivity contribution in [2.75, 3.05) is 6.54 Å². The van der Waals surface area contributed by atoms with Gasteiger partial charge in [-0.25, -0.2) is 4.99 Å². The van der Waals surface area contributed by atoms with Crippen LogP contribution in [0.3, 0.4) is 0 Å². The number of aryl methyl sites for hydroxylation is 3. The number of aromatic nitrogens is 1. The second-order valence-electron chi connectivity index (χ2n) is 8.03. The number of unbranched alkanes of at least 4 members (excludes halogenated alkanes) is 2. The maximum atomic E-state index is 13.0. The SMILES string of the molecule is Cc1cccc(CNC(=O)c2csc(=Nc3cc(C)cc(C)c3)n2CCCCCN)c1. The van der Waals surface area contributed by atoms with Crippen LogP contribution in [0.1, 0.15) is 52.0 Å². The first-order chi connectivity index (χ1) is 15.0. The lowest BCUT2D eigenvalue weighted by molar-refractivity contribution is 0.0941. The first-order valence-electron chi connectivity index (χ1n) is 10.8. The minimum Gasteiger partial charge on any atom is -0.347 e. The number of hydrogen-bond acceptors (Lipinski definition) is 4. The van der Waals surface area contributed by atoms with Gasteiger partial charge in [0.15, 0.2) is 4.80 Å². The van der Waals surface area contributed by atoms with Gasteiger partial charge in [-0.1, -0.05) is 42.3 Å². The summed E-state index contributed by atoms with van der Waals surface area (Å²) in [5.74, 6) is -0.0709. The zero-order valence-electron chi connectivity index (χ0n) is 18.6. The molecule has 0 radical (unpaired) electrons. The van der Waals surface area contributed by atoms with Crippen molar-refractivity contribution >= 4 is 22.9 Å². The maximum Gasteiger partial charge on any atom is 0.269 e. The molecule has 164 valence electrons. The van der Waals surface area contributed by atoms with E-state index in [0.29, 0.717) is 18.8 Å². The predicted molar refractivity (Wildman–Crippen MR) is 129 cm³/mol. The highest BCUT2D eigenvalue weighted by Crippen LogP contribution is 2.17. The van der Waals surface area contributed by atoms with E-state index in [4.69, 9.17) is 10.7 Å². The number of nitrogens with zero attached hydrogens (tertiary/aromatic N) is 2. The van der Waals surface area contributed by atoms with Crippen molar-refractivity contribution in [3.8, 4) is 0 Å². The van der Waals surface area contributed by atoms with Crippen molar-refractivity contribution in [1.29, 1.82) is 0 Å². The topological polar surface area (TPSA) is 72.4 Å². The summed E-state index contributed by atoms with van der Waals surface area (Å²) in [6, 6.07) is 14.5. The van der Waals surface area contributed by atoms with Crippen LogP contribution >= 0.6 is 11.3 Å². The molecule has 5 nitrogen and oxygen atoms in total. The fraction of sp³-hybridized carbons (Fsp3) is 0.360. The van der Waals surface area contributed by atoms with E-state index >= 15 is 0 Å². The largest absolute Gasteiger partial charge is 0.347 e. The zero-order chi connectivity index (χ0) is 22.2. The molecule has 6 heteroatoms. The third-order valence-corrected chi connectivity index (χ3v) is 5.95. The fourth-order valence-corrected chi connectivity index (χ4v) is 4.56. The molecular formula is C25H32N4OS. The van der Waals surface area contributed by atoms with E-state index < -0.39 is 0 Å².